The second-order valence-corrected chi connectivity index (χ2v) is 6.99. The summed E-state index contributed by atoms with van der Waals surface area (Å²) in [5.74, 6) is 2.27. The minimum Gasteiger partial charge on any atom is -0.493 e. The average molecular weight is 350 g/mol. The van der Waals surface area contributed by atoms with Crippen LogP contribution < -0.4 is 14.2 Å². The SMILES string of the molecule is COc1ccc([C@@H]2CN(C)[C@H]3c4ccccc4OC[C@]32C#N)cc1OC. The van der Waals surface area contributed by atoms with Crippen molar-refractivity contribution < 1.29 is 14.2 Å². The topological polar surface area (TPSA) is 54.7 Å². The van der Waals surface area contributed by atoms with Crippen LogP contribution in [0.25, 0.3) is 0 Å². The standard InChI is InChI=1S/C21H22N2O3/c1-23-11-16(14-8-9-18(24-2)19(10-14)25-3)21(12-22)13-26-17-7-5-4-6-15(17)20(21)23/h4-10,16,20H,11,13H2,1-3H3/t16-,20-,21-/m0/s1. The summed E-state index contributed by atoms with van der Waals surface area (Å²) in [5.41, 5.74) is 1.52. The highest BCUT2D eigenvalue weighted by molar-refractivity contribution is 5.49. The van der Waals surface area contributed by atoms with Crippen molar-refractivity contribution in [1.82, 2.24) is 4.90 Å². The molecule has 4 rings (SSSR count). The first-order valence-electron chi connectivity index (χ1n) is 8.69. The van der Waals surface area contributed by atoms with Gasteiger partial charge in [-0.05, 0) is 30.8 Å². The largest absolute Gasteiger partial charge is 0.493 e. The van der Waals surface area contributed by atoms with Crippen LogP contribution in [-0.4, -0.2) is 39.3 Å². The van der Waals surface area contributed by atoms with Crippen molar-refractivity contribution in [2.45, 2.75) is 12.0 Å². The number of hydrogen-bond donors (Lipinski definition) is 0. The van der Waals surface area contributed by atoms with Crippen molar-refractivity contribution in [3.8, 4) is 23.3 Å². The highest BCUT2D eigenvalue weighted by atomic mass is 16.5. The van der Waals surface area contributed by atoms with Crippen molar-refractivity contribution >= 4 is 0 Å². The molecule has 0 unspecified atom stereocenters. The lowest BCUT2D eigenvalue weighted by Gasteiger charge is -2.39. The van der Waals surface area contributed by atoms with Crippen molar-refractivity contribution in [2.24, 2.45) is 5.41 Å². The van der Waals surface area contributed by atoms with Gasteiger partial charge in [-0.3, -0.25) is 4.90 Å². The van der Waals surface area contributed by atoms with Crippen LogP contribution >= 0.6 is 0 Å². The molecule has 26 heavy (non-hydrogen) atoms. The van der Waals surface area contributed by atoms with Gasteiger partial charge in [-0.15, -0.1) is 0 Å². The highest BCUT2D eigenvalue weighted by Crippen LogP contribution is 2.58. The maximum atomic E-state index is 10.2. The number of ether oxygens (including phenoxy) is 3. The van der Waals surface area contributed by atoms with E-state index in [1.54, 1.807) is 14.2 Å². The summed E-state index contributed by atoms with van der Waals surface area (Å²) in [5, 5.41) is 10.2. The van der Waals surface area contributed by atoms with Crippen molar-refractivity contribution in [2.75, 3.05) is 34.4 Å². The number of hydrogen-bond acceptors (Lipinski definition) is 5. The first-order valence-corrected chi connectivity index (χ1v) is 8.69. The fraction of sp³-hybridized carbons (Fsp3) is 0.381. The van der Waals surface area contributed by atoms with Crippen LogP contribution in [0.4, 0.5) is 0 Å². The van der Waals surface area contributed by atoms with E-state index >= 15 is 0 Å². The molecule has 5 nitrogen and oxygen atoms in total. The van der Waals surface area contributed by atoms with Gasteiger partial charge in [0.1, 0.15) is 17.8 Å². The Kier molecular flexibility index (Phi) is 4.01. The number of para-hydroxylation sites is 1. The molecule has 0 bridgehead atoms. The van der Waals surface area contributed by atoms with Crippen LogP contribution in [0, 0.1) is 16.7 Å². The second kappa shape index (κ2) is 6.22. The van der Waals surface area contributed by atoms with Crippen LogP contribution in [0.1, 0.15) is 23.1 Å². The van der Waals surface area contributed by atoms with E-state index in [9.17, 15) is 5.26 Å². The number of methoxy groups -OCH3 is 2. The molecule has 0 spiro atoms. The zero-order valence-corrected chi connectivity index (χ0v) is 15.2. The first-order chi connectivity index (χ1) is 12.6. The number of likely N-dealkylation sites (tertiary alicyclic amines) is 1. The molecule has 2 aliphatic heterocycles. The Bertz CT molecular complexity index is 876. The smallest absolute Gasteiger partial charge is 0.160 e. The summed E-state index contributed by atoms with van der Waals surface area (Å²) in [6.07, 6.45) is 0. The summed E-state index contributed by atoms with van der Waals surface area (Å²) in [6.45, 7) is 1.17. The van der Waals surface area contributed by atoms with E-state index in [1.807, 2.05) is 36.4 Å². The Labute approximate surface area is 153 Å². The Hall–Kier alpha value is -2.71. The van der Waals surface area contributed by atoms with Crippen molar-refractivity contribution in [3.05, 3.63) is 53.6 Å². The average Bonchev–Trinajstić information content (AvgIpc) is 3.00. The molecule has 2 aromatic rings. The lowest BCUT2D eigenvalue weighted by Crippen LogP contribution is -2.40. The second-order valence-electron chi connectivity index (χ2n) is 6.99. The Morgan fingerprint density at radius 2 is 1.92 bits per heavy atom. The minimum absolute atomic E-state index is 0.00977. The summed E-state index contributed by atoms with van der Waals surface area (Å²) in [6, 6.07) is 16.6. The van der Waals surface area contributed by atoms with Gasteiger partial charge < -0.3 is 14.2 Å². The number of rotatable bonds is 3. The fourth-order valence-electron chi connectivity index (χ4n) is 4.51. The molecule has 134 valence electrons. The van der Waals surface area contributed by atoms with Gasteiger partial charge in [0.15, 0.2) is 11.5 Å². The molecule has 0 saturated carbocycles. The molecule has 2 heterocycles. The minimum atomic E-state index is -0.636. The molecular formula is C21H22N2O3. The van der Waals surface area contributed by atoms with Gasteiger partial charge in [0, 0.05) is 18.0 Å². The Morgan fingerprint density at radius 3 is 2.65 bits per heavy atom. The maximum absolute atomic E-state index is 10.2. The molecule has 2 aliphatic rings. The molecule has 0 amide bonds. The van der Waals surface area contributed by atoms with E-state index in [0.29, 0.717) is 18.1 Å². The monoisotopic (exact) mass is 350 g/mol. The number of benzene rings is 2. The molecule has 0 N–H and O–H groups in total. The predicted octanol–water partition coefficient (Wildman–Crippen LogP) is 3.38. The number of likely N-dealkylation sites (N-methyl/N-ethyl adjacent to an activating group) is 1. The third kappa shape index (κ3) is 2.26. The van der Waals surface area contributed by atoms with Gasteiger partial charge in [-0.1, -0.05) is 24.3 Å². The van der Waals surface area contributed by atoms with Gasteiger partial charge in [0.05, 0.1) is 26.3 Å². The van der Waals surface area contributed by atoms with E-state index in [-0.39, 0.29) is 12.0 Å². The van der Waals surface area contributed by atoms with E-state index in [2.05, 4.69) is 24.1 Å². The van der Waals surface area contributed by atoms with Crippen LogP contribution in [0.2, 0.25) is 0 Å². The summed E-state index contributed by atoms with van der Waals surface area (Å²) in [4.78, 5) is 2.27. The van der Waals surface area contributed by atoms with E-state index in [1.165, 1.54) is 0 Å². The van der Waals surface area contributed by atoms with Crippen LogP contribution in [0.5, 0.6) is 17.2 Å². The third-order valence-electron chi connectivity index (χ3n) is 5.72. The summed E-state index contributed by atoms with van der Waals surface area (Å²) in [7, 11) is 5.34. The van der Waals surface area contributed by atoms with E-state index in [4.69, 9.17) is 14.2 Å². The Balaban J connectivity index is 1.82. The number of fused-ring (bicyclic) bond motifs is 3. The molecule has 1 saturated heterocycles. The maximum Gasteiger partial charge on any atom is 0.160 e. The molecular weight excluding hydrogens is 328 g/mol. The van der Waals surface area contributed by atoms with Gasteiger partial charge in [-0.25, -0.2) is 0 Å². The third-order valence-corrected chi connectivity index (χ3v) is 5.72. The lowest BCUT2D eigenvalue weighted by molar-refractivity contribution is 0.107. The number of nitrogens with zero attached hydrogens (tertiary/aromatic N) is 2. The van der Waals surface area contributed by atoms with Gasteiger partial charge in [0.25, 0.3) is 0 Å². The van der Waals surface area contributed by atoms with Gasteiger partial charge in [0.2, 0.25) is 0 Å². The van der Waals surface area contributed by atoms with Gasteiger partial charge >= 0.3 is 0 Å². The van der Waals surface area contributed by atoms with Crippen molar-refractivity contribution in [1.29, 1.82) is 5.26 Å². The fourth-order valence-corrected chi connectivity index (χ4v) is 4.51. The van der Waals surface area contributed by atoms with Crippen LogP contribution in [-0.2, 0) is 0 Å². The van der Waals surface area contributed by atoms with E-state index in [0.717, 1.165) is 23.4 Å². The normalized spacial score (nSPS) is 27.0. The highest BCUT2D eigenvalue weighted by Gasteiger charge is 2.58. The lowest BCUT2D eigenvalue weighted by atomic mass is 9.69. The predicted molar refractivity (Wildman–Crippen MR) is 97.6 cm³/mol. The van der Waals surface area contributed by atoms with Crippen LogP contribution in [0.3, 0.4) is 0 Å². The number of nitriles is 1. The van der Waals surface area contributed by atoms with Crippen molar-refractivity contribution in [3.63, 3.8) is 0 Å². The molecule has 0 aliphatic carbocycles. The summed E-state index contributed by atoms with van der Waals surface area (Å²) >= 11 is 0. The molecule has 0 aromatic heterocycles. The Morgan fingerprint density at radius 1 is 1.15 bits per heavy atom. The van der Waals surface area contributed by atoms with E-state index < -0.39 is 5.41 Å². The zero-order chi connectivity index (χ0) is 18.3. The van der Waals surface area contributed by atoms with Gasteiger partial charge in [-0.2, -0.15) is 5.26 Å². The van der Waals surface area contributed by atoms with Crippen LogP contribution in [0.15, 0.2) is 42.5 Å². The molecule has 0 radical (unpaired) electrons. The molecule has 2 aromatic carbocycles. The first kappa shape index (κ1) is 16.7. The summed E-state index contributed by atoms with van der Waals surface area (Å²) < 4.78 is 16.9. The quantitative estimate of drug-likeness (QED) is 0.849. The zero-order valence-electron chi connectivity index (χ0n) is 15.2. The molecule has 1 fully saturated rings. The molecule has 5 heteroatoms. The molecule has 3 atom stereocenters.